The lowest BCUT2D eigenvalue weighted by atomic mass is 9.91. The minimum absolute atomic E-state index is 0.367. The Bertz CT molecular complexity index is 145. The van der Waals surface area contributed by atoms with Gasteiger partial charge in [-0.1, -0.05) is 6.92 Å². The Balaban J connectivity index is 2.41. The normalized spacial score (nSPS) is 30.0. The highest BCUT2D eigenvalue weighted by Crippen LogP contribution is 2.21. The Labute approximate surface area is 82.5 Å². The minimum atomic E-state index is 0.367. The van der Waals surface area contributed by atoms with Crippen LogP contribution in [-0.4, -0.2) is 30.1 Å². The Kier molecular flexibility index (Phi) is 4.20. The molecule has 2 heteroatoms. The van der Waals surface area contributed by atoms with Gasteiger partial charge in [-0.25, -0.2) is 0 Å². The van der Waals surface area contributed by atoms with Crippen LogP contribution in [0.3, 0.4) is 0 Å². The monoisotopic (exact) mass is 184 g/mol. The number of likely N-dealkylation sites (tertiary alicyclic amines) is 1. The quantitative estimate of drug-likeness (QED) is 0.725. The zero-order chi connectivity index (χ0) is 9.84. The van der Waals surface area contributed by atoms with Gasteiger partial charge in [-0.3, -0.25) is 0 Å². The van der Waals surface area contributed by atoms with Crippen molar-refractivity contribution in [3.63, 3.8) is 0 Å². The molecule has 0 aromatic carbocycles. The van der Waals surface area contributed by atoms with Gasteiger partial charge in [0.2, 0.25) is 0 Å². The first kappa shape index (κ1) is 11.0. The Morgan fingerprint density at radius 1 is 1.46 bits per heavy atom. The smallest absolute Gasteiger partial charge is 0.00644 e. The van der Waals surface area contributed by atoms with Crippen molar-refractivity contribution in [1.29, 1.82) is 0 Å². The molecule has 1 rings (SSSR count). The van der Waals surface area contributed by atoms with Gasteiger partial charge in [-0.2, -0.15) is 0 Å². The zero-order valence-corrected chi connectivity index (χ0v) is 9.29. The summed E-state index contributed by atoms with van der Waals surface area (Å²) in [5.74, 6) is 0.725. The molecule has 1 heterocycles. The second-order valence-corrected chi connectivity index (χ2v) is 4.51. The van der Waals surface area contributed by atoms with Crippen LogP contribution in [0.15, 0.2) is 0 Å². The predicted octanol–water partition coefficient (Wildman–Crippen LogP) is 1.84. The summed E-state index contributed by atoms with van der Waals surface area (Å²) in [6.45, 7) is 9.22. The van der Waals surface area contributed by atoms with Gasteiger partial charge < -0.3 is 10.6 Å². The third kappa shape index (κ3) is 2.96. The third-order valence-corrected chi connectivity index (χ3v) is 3.45. The molecule has 1 aliphatic rings. The molecule has 0 radical (unpaired) electrons. The van der Waals surface area contributed by atoms with Crippen LogP contribution >= 0.6 is 0 Å². The summed E-state index contributed by atoms with van der Waals surface area (Å²) in [6.07, 6.45) is 3.91. The molecule has 3 unspecified atom stereocenters. The van der Waals surface area contributed by atoms with E-state index in [1.807, 2.05) is 0 Å². The van der Waals surface area contributed by atoms with Crippen molar-refractivity contribution in [2.45, 2.75) is 52.1 Å². The molecule has 78 valence electrons. The van der Waals surface area contributed by atoms with Crippen LogP contribution in [0.2, 0.25) is 0 Å². The number of piperidine rings is 1. The van der Waals surface area contributed by atoms with E-state index in [2.05, 4.69) is 25.7 Å². The van der Waals surface area contributed by atoms with Crippen molar-refractivity contribution in [3.8, 4) is 0 Å². The van der Waals surface area contributed by atoms with Gasteiger partial charge in [0, 0.05) is 18.6 Å². The maximum Gasteiger partial charge on any atom is 0.00644 e. The summed E-state index contributed by atoms with van der Waals surface area (Å²) >= 11 is 0. The number of nitrogens with two attached hydrogens (primary N) is 1. The average molecular weight is 184 g/mol. The van der Waals surface area contributed by atoms with E-state index < -0.39 is 0 Å². The van der Waals surface area contributed by atoms with Crippen molar-refractivity contribution in [2.75, 3.05) is 13.1 Å². The first-order valence-electron chi connectivity index (χ1n) is 5.64. The van der Waals surface area contributed by atoms with Crippen molar-refractivity contribution in [1.82, 2.24) is 4.90 Å². The fourth-order valence-corrected chi connectivity index (χ4v) is 2.13. The molecule has 0 spiro atoms. The molecule has 1 aliphatic heterocycles. The molecule has 0 aromatic heterocycles. The first-order valence-corrected chi connectivity index (χ1v) is 5.64. The predicted molar refractivity (Wildman–Crippen MR) is 57.7 cm³/mol. The third-order valence-electron chi connectivity index (χ3n) is 3.45. The standard InChI is InChI=1S/C11H24N2/c1-4-9(2)13-7-5-6-11(8-13)10(3)12/h9-11H,4-8,12H2,1-3H3. The van der Waals surface area contributed by atoms with Crippen LogP contribution in [0.5, 0.6) is 0 Å². The molecule has 2 nitrogen and oxygen atoms in total. The summed E-state index contributed by atoms with van der Waals surface area (Å²) in [4.78, 5) is 2.59. The highest BCUT2D eigenvalue weighted by Gasteiger charge is 2.24. The summed E-state index contributed by atoms with van der Waals surface area (Å²) in [6, 6.07) is 1.11. The molecule has 2 N–H and O–H groups in total. The molecule has 0 bridgehead atoms. The molecule has 0 saturated carbocycles. The second kappa shape index (κ2) is 4.97. The summed E-state index contributed by atoms with van der Waals surface area (Å²) in [5.41, 5.74) is 5.94. The molecule has 0 aliphatic carbocycles. The zero-order valence-electron chi connectivity index (χ0n) is 9.29. The molecular formula is C11H24N2. The lowest BCUT2D eigenvalue weighted by Crippen LogP contribution is -2.45. The molecule has 13 heavy (non-hydrogen) atoms. The minimum Gasteiger partial charge on any atom is -0.328 e. The molecule has 3 atom stereocenters. The summed E-state index contributed by atoms with van der Waals surface area (Å²) in [5, 5.41) is 0. The van der Waals surface area contributed by atoms with E-state index in [1.165, 1.54) is 32.4 Å². The van der Waals surface area contributed by atoms with E-state index in [0.29, 0.717) is 6.04 Å². The Hall–Kier alpha value is -0.0800. The fraction of sp³-hybridized carbons (Fsp3) is 1.00. The van der Waals surface area contributed by atoms with E-state index in [-0.39, 0.29) is 0 Å². The van der Waals surface area contributed by atoms with E-state index in [9.17, 15) is 0 Å². The maximum absolute atomic E-state index is 5.94. The van der Waals surface area contributed by atoms with Crippen molar-refractivity contribution >= 4 is 0 Å². The summed E-state index contributed by atoms with van der Waals surface area (Å²) in [7, 11) is 0. The lowest BCUT2D eigenvalue weighted by Gasteiger charge is -2.38. The topological polar surface area (TPSA) is 29.3 Å². The highest BCUT2D eigenvalue weighted by atomic mass is 15.2. The Morgan fingerprint density at radius 3 is 2.69 bits per heavy atom. The van der Waals surface area contributed by atoms with Gasteiger partial charge in [-0.15, -0.1) is 0 Å². The number of nitrogens with zero attached hydrogens (tertiary/aromatic N) is 1. The van der Waals surface area contributed by atoms with Gasteiger partial charge in [0.15, 0.2) is 0 Å². The van der Waals surface area contributed by atoms with Gasteiger partial charge in [0.05, 0.1) is 0 Å². The summed E-state index contributed by atoms with van der Waals surface area (Å²) < 4.78 is 0. The lowest BCUT2D eigenvalue weighted by molar-refractivity contribution is 0.119. The van der Waals surface area contributed by atoms with Crippen molar-refractivity contribution < 1.29 is 0 Å². The average Bonchev–Trinajstić information content (AvgIpc) is 2.17. The van der Waals surface area contributed by atoms with Crippen LogP contribution in [0, 0.1) is 5.92 Å². The molecular weight excluding hydrogens is 160 g/mol. The van der Waals surface area contributed by atoms with Crippen molar-refractivity contribution in [2.24, 2.45) is 11.7 Å². The van der Waals surface area contributed by atoms with Crippen LogP contribution in [0.1, 0.15) is 40.0 Å². The van der Waals surface area contributed by atoms with E-state index >= 15 is 0 Å². The fourth-order valence-electron chi connectivity index (χ4n) is 2.13. The van der Waals surface area contributed by atoms with E-state index in [0.717, 1.165) is 12.0 Å². The number of rotatable bonds is 3. The molecule has 1 saturated heterocycles. The second-order valence-electron chi connectivity index (χ2n) is 4.51. The largest absolute Gasteiger partial charge is 0.328 e. The SMILES string of the molecule is CCC(C)N1CCCC(C(C)N)C1. The van der Waals surface area contributed by atoms with Gasteiger partial charge in [0.1, 0.15) is 0 Å². The van der Waals surface area contributed by atoms with Gasteiger partial charge in [-0.05, 0) is 45.6 Å². The first-order chi connectivity index (χ1) is 6.15. The van der Waals surface area contributed by atoms with Crippen LogP contribution in [-0.2, 0) is 0 Å². The van der Waals surface area contributed by atoms with E-state index in [1.54, 1.807) is 0 Å². The molecule has 1 fully saturated rings. The van der Waals surface area contributed by atoms with Crippen molar-refractivity contribution in [3.05, 3.63) is 0 Å². The van der Waals surface area contributed by atoms with Gasteiger partial charge >= 0.3 is 0 Å². The van der Waals surface area contributed by atoms with Gasteiger partial charge in [0.25, 0.3) is 0 Å². The maximum atomic E-state index is 5.94. The van der Waals surface area contributed by atoms with Crippen LogP contribution < -0.4 is 5.73 Å². The molecule has 0 amide bonds. The Morgan fingerprint density at radius 2 is 2.15 bits per heavy atom. The molecule has 0 aromatic rings. The van der Waals surface area contributed by atoms with Crippen LogP contribution in [0.25, 0.3) is 0 Å². The highest BCUT2D eigenvalue weighted by molar-refractivity contribution is 4.80. The van der Waals surface area contributed by atoms with Crippen LogP contribution in [0.4, 0.5) is 0 Å². The number of hydrogen-bond donors (Lipinski definition) is 1. The van der Waals surface area contributed by atoms with E-state index in [4.69, 9.17) is 5.73 Å². The number of hydrogen-bond acceptors (Lipinski definition) is 2.